The molecule has 0 saturated carbocycles. The van der Waals surface area contributed by atoms with Crippen LogP contribution in [0.25, 0.3) is 0 Å². The van der Waals surface area contributed by atoms with E-state index < -0.39 is 5.91 Å². The molecule has 0 spiro atoms. The van der Waals surface area contributed by atoms with Gasteiger partial charge < -0.3 is 19.9 Å². The van der Waals surface area contributed by atoms with Gasteiger partial charge in [-0.15, -0.1) is 0 Å². The molecule has 198 valence electrons. The van der Waals surface area contributed by atoms with Gasteiger partial charge in [-0.1, -0.05) is 29.8 Å². The maximum Gasteiger partial charge on any atom is 0.310 e. The van der Waals surface area contributed by atoms with Crippen LogP contribution in [0, 0.1) is 12.8 Å². The second-order valence-electron chi connectivity index (χ2n) is 9.64. The molecule has 3 amide bonds. The smallest absolute Gasteiger partial charge is 0.310 e. The van der Waals surface area contributed by atoms with Crippen molar-refractivity contribution in [2.24, 2.45) is 5.92 Å². The number of hydrogen-bond acceptors (Lipinski definition) is 6. The first-order valence-electron chi connectivity index (χ1n) is 13.0. The number of nitrogens with zero attached hydrogens (tertiary/aromatic N) is 4. The summed E-state index contributed by atoms with van der Waals surface area (Å²) in [6.45, 7) is 6.87. The van der Waals surface area contributed by atoms with Crippen molar-refractivity contribution in [3.05, 3.63) is 52.8 Å². The van der Waals surface area contributed by atoms with E-state index in [-0.39, 0.29) is 42.4 Å². The Bertz CT molecular complexity index is 1160. The van der Waals surface area contributed by atoms with Gasteiger partial charge in [0.25, 0.3) is 11.8 Å². The summed E-state index contributed by atoms with van der Waals surface area (Å²) in [5.74, 6) is -1.25. The maximum absolute atomic E-state index is 13.2. The molecule has 2 aliphatic heterocycles. The summed E-state index contributed by atoms with van der Waals surface area (Å²) in [7, 11) is 0. The van der Waals surface area contributed by atoms with Crippen molar-refractivity contribution in [3.8, 4) is 0 Å². The van der Waals surface area contributed by atoms with Crippen LogP contribution in [0.2, 0.25) is 0 Å². The number of amides is 3. The van der Waals surface area contributed by atoms with Crippen molar-refractivity contribution in [1.29, 1.82) is 0 Å². The number of ether oxygens (including phenoxy) is 1. The first-order chi connectivity index (χ1) is 17.9. The fourth-order valence-electron chi connectivity index (χ4n) is 4.91. The number of rotatable bonds is 8. The Hall–Kier alpha value is -3.69. The average molecular weight is 510 g/mol. The topological polar surface area (TPSA) is 114 Å². The largest absolute Gasteiger partial charge is 0.466 e. The molecular formula is C27H35N5O5. The van der Waals surface area contributed by atoms with Gasteiger partial charge >= 0.3 is 5.97 Å². The summed E-state index contributed by atoms with van der Waals surface area (Å²) in [6, 6.07) is 9.60. The van der Waals surface area contributed by atoms with Crippen molar-refractivity contribution in [2.45, 2.75) is 52.6 Å². The highest BCUT2D eigenvalue weighted by Gasteiger charge is 2.30. The van der Waals surface area contributed by atoms with Gasteiger partial charge in [-0.3, -0.25) is 23.9 Å². The second-order valence-corrected chi connectivity index (χ2v) is 9.64. The molecule has 10 nitrogen and oxygen atoms in total. The summed E-state index contributed by atoms with van der Waals surface area (Å²) < 4.78 is 6.69. The van der Waals surface area contributed by atoms with Crippen LogP contribution in [0.4, 0.5) is 0 Å². The molecule has 1 saturated heterocycles. The Labute approximate surface area is 216 Å². The zero-order valence-corrected chi connectivity index (χ0v) is 21.6. The zero-order chi connectivity index (χ0) is 26.4. The maximum atomic E-state index is 13.2. The number of fused-ring (bicyclic) bond motifs is 1. The Morgan fingerprint density at radius 1 is 1.14 bits per heavy atom. The van der Waals surface area contributed by atoms with Crippen LogP contribution in [0.1, 0.15) is 64.7 Å². The van der Waals surface area contributed by atoms with E-state index in [2.05, 4.69) is 16.5 Å². The summed E-state index contributed by atoms with van der Waals surface area (Å²) in [4.78, 5) is 54.1. The molecule has 0 unspecified atom stereocenters. The Morgan fingerprint density at radius 2 is 1.97 bits per heavy atom. The predicted octanol–water partition coefficient (Wildman–Crippen LogP) is 2.16. The van der Waals surface area contributed by atoms with E-state index in [1.54, 1.807) is 21.4 Å². The van der Waals surface area contributed by atoms with Gasteiger partial charge in [0.1, 0.15) is 5.69 Å². The third kappa shape index (κ3) is 6.55. The van der Waals surface area contributed by atoms with Crippen LogP contribution in [-0.2, 0) is 27.4 Å². The molecule has 0 radical (unpaired) electrons. The van der Waals surface area contributed by atoms with Crippen LogP contribution in [0.3, 0.4) is 0 Å². The number of hydrogen-bond donors (Lipinski definition) is 1. The lowest BCUT2D eigenvalue weighted by Crippen LogP contribution is -2.43. The van der Waals surface area contributed by atoms with E-state index in [0.717, 1.165) is 24.0 Å². The van der Waals surface area contributed by atoms with Gasteiger partial charge in [-0.2, -0.15) is 5.10 Å². The Morgan fingerprint density at radius 3 is 2.76 bits per heavy atom. The molecule has 0 aliphatic carbocycles. The summed E-state index contributed by atoms with van der Waals surface area (Å²) in [5.41, 5.74) is 2.76. The lowest BCUT2D eigenvalue weighted by molar-refractivity contribution is -0.151. The summed E-state index contributed by atoms with van der Waals surface area (Å²) in [6.07, 6.45) is 2.32. The van der Waals surface area contributed by atoms with Crippen LogP contribution in [-0.4, -0.2) is 76.1 Å². The van der Waals surface area contributed by atoms with Crippen LogP contribution >= 0.6 is 0 Å². The molecule has 1 N–H and O–H groups in total. The van der Waals surface area contributed by atoms with Gasteiger partial charge in [-0.05, 0) is 38.7 Å². The number of aryl methyl sites for hydroxylation is 2. The van der Waals surface area contributed by atoms with E-state index in [1.807, 2.05) is 25.1 Å². The van der Waals surface area contributed by atoms with Crippen LogP contribution in [0.5, 0.6) is 0 Å². The third-order valence-corrected chi connectivity index (χ3v) is 6.79. The lowest BCUT2D eigenvalue weighted by atomic mass is 9.98. The number of piperidine rings is 1. The normalized spacial score (nSPS) is 17.7. The molecule has 2 aliphatic rings. The SMILES string of the molecule is CCOC(=O)[C@@H]1CCCN(C(=O)CCNC(=O)c2cc3n(n2)CCCN(Cc2cccc(C)c2)C3=O)C1. The van der Waals surface area contributed by atoms with Crippen molar-refractivity contribution in [2.75, 3.05) is 32.8 Å². The molecule has 10 heteroatoms. The average Bonchev–Trinajstić information content (AvgIpc) is 3.26. The molecular weight excluding hydrogens is 474 g/mol. The molecule has 4 rings (SSSR count). The zero-order valence-electron chi connectivity index (χ0n) is 21.6. The molecule has 1 atom stereocenters. The van der Waals surface area contributed by atoms with Crippen LogP contribution in [0.15, 0.2) is 30.3 Å². The minimum Gasteiger partial charge on any atom is -0.466 e. The second kappa shape index (κ2) is 12.0. The van der Waals surface area contributed by atoms with Gasteiger partial charge in [0.2, 0.25) is 5.91 Å². The molecule has 1 fully saturated rings. The Balaban J connectivity index is 1.31. The lowest BCUT2D eigenvalue weighted by Gasteiger charge is -2.31. The molecule has 2 aromatic rings. The van der Waals surface area contributed by atoms with Crippen molar-refractivity contribution in [3.63, 3.8) is 0 Å². The van der Waals surface area contributed by atoms with E-state index >= 15 is 0 Å². The van der Waals surface area contributed by atoms with Crippen molar-refractivity contribution in [1.82, 2.24) is 24.9 Å². The molecule has 1 aromatic carbocycles. The first-order valence-corrected chi connectivity index (χ1v) is 13.0. The van der Waals surface area contributed by atoms with Crippen LogP contribution < -0.4 is 5.32 Å². The van der Waals surface area contributed by atoms with E-state index in [0.29, 0.717) is 51.4 Å². The third-order valence-electron chi connectivity index (χ3n) is 6.79. The van der Waals surface area contributed by atoms with Crippen molar-refractivity contribution < 1.29 is 23.9 Å². The van der Waals surface area contributed by atoms with Gasteiger partial charge in [0.15, 0.2) is 5.69 Å². The first kappa shape index (κ1) is 26.4. The summed E-state index contributed by atoms with van der Waals surface area (Å²) >= 11 is 0. The predicted molar refractivity (Wildman–Crippen MR) is 136 cm³/mol. The number of benzene rings is 1. The highest BCUT2D eigenvalue weighted by atomic mass is 16.5. The number of aromatic nitrogens is 2. The fourth-order valence-corrected chi connectivity index (χ4v) is 4.91. The quantitative estimate of drug-likeness (QED) is 0.546. The fraction of sp³-hybridized carbons (Fsp3) is 0.519. The molecule has 0 bridgehead atoms. The number of esters is 1. The Kier molecular flexibility index (Phi) is 8.58. The highest BCUT2D eigenvalue weighted by Crippen LogP contribution is 2.19. The number of carbonyl (C=O) groups excluding carboxylic acids is 4. The highest BCUT2D eigenvalue weighted by molar-refractivity contribution is 5.98. The molecule has 1 aromatic heterocycles. The summed E-state index contributed by atoms with van der Waals surface area (Å²) in [5, 5.41) is 7.10. The number of likely N-dealkylation sites (tertiary alicyclic amines) is 1. The van der Waals surface area contributed by atoms with Crippen molar-refractivity contribution >= 4 is 23.7 Å². The number of nitrogens with one attached hydrogen (secondary N) is 1. The minimum absolute atomic E-state index is 0.114. The molecule has 37 heavy (non-hydrogen) atoms. The van der Waals surface area contributed by atoms with E-state index in [1.165, 1.54) is 6.07 Å². The van der Waals surface area contributed by atoms with E-state index in [4.69, 9.17) is 4.74 Å². The van der Waals surface area contributed by atoms with Gasteiger partial charge in [0, 0.05) is 51.8 Å². The number of carbonyl (C=O) groups is 4. The molecule has 3 heterocycles. The van der Waals surface area contributed by atoms with Gasteiger partial charge in [0.05, 0.1) is 12.5 Å². The van der Waals surface area contributed by atoms with E-state index in [9.17, 15) is 19.2 Å². The monoisotopic (exact) mass is 509 g/mol. The minimum atomic E-state index is -0.422. The van der Waals surface area contributed by atoms with Gasteiger partial charge in [-0.25, -0.2) is 0 Å². The standard InChI is InChI=1S/C27H35N5O5/c1-3-37-27(36)21-9-5-12-30(18-21)24(33)10-11-28-25(34)22-16-23-26(35)31(13-6-14-32(23)29-22)17-20-8-4-7-19(2)15-20/h4,7-8,15-16,21H,3,5-6,9-14,17-18H2,1-2H3,(H,28,34)/t21-/m1/s1.